The van der Waals surface area contributed by atoms with Crippen LogP contribution in [0, 0.1) is 0 Å². The zero-order valence-electron chi connectivity index (χ0n) is 10.1. The van der Waals surface area contributed by atoms with Gasteiger partial charge in [-0.1, -0.05) is 0 Å². The summed E-state index contributed by atoms with van der Waals surface area (Å²) in [5.41, 5.74) is 0. The Hall–Kier alpha value is -0.770. The Bertz CT molecular complexity index is 196. The van der Waals surface area contributed by atoms with Crippen molar-refractivity contribution in [1.82, 2.24) is 15.1 Å². The van der Waals surface area contributed by atoms with Crippen LogP contribution in [0.5, 0.6) is 0 Å². The maximum Gasteiger partial charge on any atom is 0.317 e. The summed E-state index contributed by atoms with van der Waals surface area (Å²) in [4.78, 5) is 15.9. The third kappa shape index (κ3) is 3.70. The van der Waals surface area contributed by atoms with E-state index in [4.69, 9.17) is 0 Å². The molecule has 4 nitrogen and oxygen atoms in total. The highest BCUT2D eigenvalue weighted by Crippen LogP contribution is 2.08. The van der Waals surface area contributed by atoms with Crippen LogP contribution in [0.2, 0.25) is 0 Å². The molecule has 1 heterocycles. The highest BCUT2D eigenvalue weighted by Gasteiger charge is 2.19. The van der Waals surface area contributed by atoms with Crippen LogP contribution in [0.3, 0.4) is 0 Å². The van der Waals surface area contributed by atoms with Crippen molar-refractivity contribution in [1.29, 1.82) is 0 Å². The monoisotopic (exact) mass is 213 g/mol. The fourth-order valence-electron chi connectivity index (χ4n) is 1.93. The first kappa shape index (κ1) is 12.3. The van der Waals surface area contributed by atoms with E-state index in [-0.39, 0.29) is 6.03 Å². The zero-order valence-corrected chi connectivity index (χ0v) is 10.1. The second-order valence-corrected chi connectivity index (χ2v) is 4.20. The van der Waals surface area contributed by atoms with Crippen LogP contribution < -0.4 is 5.32 Å². The van der Waals surface area contributed by atoms with Gasteiger partial charge in [-0.25, -0.2) is 4.79 Å². The molecule has 1 fully saturated rings. The summed E-state index contributed by atoms with van der Waals surface area (Å²) in [5, 5.41) is 3.10. The number of rotatable bonds is 3. The molecule has 1 N–H and O–H groups in total. The number of amides is 2. The first-order valence-electron chi connectivity index (χ1n) is 5.91. The van der Waals surface area contributed by atoms with Gasteiger partial charge in [-0.3, -0.25) is 0 Å². The van der Waals surface area contributed by atoms with Gasteiger partial charge >= 0.3 is 6.03 Å². The van der Waals surface area contributed by atoms with Gasteiger partial charge in [0.2, 0.25) is 0 Å². The van der Waals surface area contributed by atoms with E-state index >= 15 is 0 Å². The Morgan fingerprint density at radius 1 is 1.33 bits per heavy atom. The summed E-state index contributed by atoms with van der Waals surface area (Å²) in [6, 6.07) is 0.462. The molecule has 0 radical (unpaired) electrons. The molecule has 0 saturated carbocycles. The summed E-state index contributed by atoms with van der Waals surface area (Å²) in [6.45, 7) is 7.77. The van der Waals surface area contributed by atoms with Gasteiger partial charge in [0.15, 0.2) is 0 Å². The lowest BCUT2D eigenvalue weighted by atomic mass is 10.1. The lowest BCUT2D eigenvalue weighted by Crippen LogP contribution is -2.48. The first-order chi connectivity index (χ1) is 7.17. The van der Waals surface area contributed by atoms with E-state index < -0.39 is 0 Å². The van der Waals surface area contributed by atoms with E-state index in [1.54, 1.807) is 0 Å². The molecule has 1 rings (SSSR count). The predicted octanol–water partition coefficient (Wildman–Crippen LogP) is 1.13. The fraction of sp³-hybridized carbons (Fsp3) is 0.909. The molecule has 1 aliphatic heterocycles. The minimum absolute atomic E-state index is 0.0922. The molecule has 88 valence electrons. The van der Waals surface area contributed by atoms with Gasteiger partial charge in [-0.2, -0.15) is 0 Å². The number of likely N-dealkylation sites (tertiary alicyclic amines) is 1. The molecule has 0 unspecified atom stereocenters. The van der Waals surface area contributed by atoms with Crippen molar-refractivity contribution < 1.29 is 4.79 Å². The quantitative estimate of drug-likeness (QED) is 0.763. The number of piperidine rings is 1. The highest BCUT2D eigenvalue weighted by atomic mass is 16.2. The largest absolute Gasteiger partial charge is 0.335 e. The fourth-order valence-corrected chi connectivity index (χ4v) is 1.93. The maximum absolute atomic E-state index is 11.8. The van der Waals surface area contributed by atoms with Crippen LogP contribution in [-0.4, -0.2) is 55.1 Å². The molecule has 0 aromatic carbocycles. The molecule has 1 saturated heterocycles. The summed E-state index contributed by atoms with van der Waals surface area (Å²) < 4.78 is 0. The zero-order chi connectivity index (χ0) is 11.3. The number of nitrogens with one attached hydrogen (secondary N) is 1. The molecule has 0 atom stereocenters. The van der Waals surface area contributed by atoms with Crippen LogP contribution in [0.1, 0.15) is 26.7 Å². The summed E-state index contributed by atoms with van der Waals surface area (Å²) in [6.07, 6.45) is 2.15. The number of hydrogen-bond acceptors (Lipinski definition) is 2. The van der Waals surface area contributed by atoms with Crippen LogP contribution in [-0.2, 0) is 0 Å². The van der Waals surface area contributed by atoms with Crippen molar-refractivity contribution in [3.05, 3.63) is 0 Å². The SMILES string of the molecule is CCN(CC)C(=O)NC1CCN(C)CC1. The van der Waals surface area contributed by atoms with Gasteiger partial charge < -0.3 is 15.1 Å². The Morgan fingerprint density at radius 2 is 1.87 bits per heavy atom. The number of urea groups is 1. The molecular formula is C11H23N3O. The third-order valence-electron chi connectivity index (χ3n) is 3.10. The van der Waals surface area contributed by atoms with E-state index in [0.29, 0.717) is 6.04 Å². The van der Waals surface area contributed by atoms with Gasteiger partial charge in [-0.05, 0) is 46.8 Å². The molecule has 0 bridgehead atoms. The maximum atomic E-state index is 11.8. The molecule has 15 heavy (non-hydrogen) atoms. The standard InChI is InChI=1S/C11H23N3O/c1-4-14(5-2)11(15)12-10-6-8-13(3)9-7-10/h10H,4-9H2,1-3H3,(H,12,15). The van der Waals surface area contributed by atoms with E-state index in [1.807, 2.05) is 18.7 Å². The van der Waals surface area contributed by atoms with E-state index in [1.165, 1.54) is 0 Å². The summed E-state index contributed by atoms with van der Waals surface area (Å²) >= 11 is 0. The summed E-state index contributed by atoms with van der Waals surface area (Å²) in [7, 11) is 2.13. The van der Waals surface area contributed by atoms with E-state index in [0.717, 1.165) is 39.0 Å². The average molecular weight is 213 g/mol. The van der Waals surface area contributed by atoms with Crippen molar-refractivity contribution in [3.63, 3.8) is 0 Å². The first-order valence-corrected chi connectivity index (χ1v) is 5.91. The lowest BCUT2D eigenvalue weighted by Gasteiger charge is -2.31. The Balaban J connectivity index is 2.31. The number of hydrogen-bond donors (Lipinski definition) is 1. The topological polar surface area (TPSA) is 35.6 Å². The van der Waals surface area contributed by atoms with Gasteiger partial charge in [0.25, 0.3) is 0 Å². The highest BCUT2D eigenvalue weighted by molar-refractivity contribution is 5.74. The van der Waals surface area contributed by atoms with Crippen LogP contribution >= 0.6 is 0 Å². The Kier molecular flexibility index (Phi) is 4.88. The number of nitrogens with zero attached hydrogens (tertiary/aromatic N) is 2. The molecule has 2 amide bonds. The van der Waals surface area contributed by atoms with Gasteiger partial charge in [0.1, 0.15) is 0 Å². The molecule has 0 aromatic heterocycles. The Labute approximate surface area is 92.6 Å². The second kappa shape index (κ2) is 5.95. The Morgan fingerprint density at radius 3 is 2.33 bits per heavy atom. The van der Waals surface area contributed by atoms with Gasteiger partial charge in [0.05, 0.1) is 0 Å². The second-order valence-electron chi connectivity index (χ2n) is 4.20. The minimum Gasteiger partial charge on any atom is -0.335 e. The molecule has 0 aliphatic carbocycles. The molecule has 0 spiro atoms. The number of carbonyl (C=O) groups is 1. The van der Waals surface area contributed by atoms with Crippen molar-refractivity contribution in [2.45, 2.75) is 32.7 Å². The van der Waals surface area contributed by atoms with Crippen molar-refractivity contribution in [2.24, 2.45) is 0 Å². The molecule has 1 aliphatic rings. The van der Waals surface area contributed by atoms with Crippen molar-refractivity contribution >= 4 is 6.03 Å². The van der Waals surface area contributed by atoms with Crippen LogP contribution in [0.25, 0.3) is 0 Å². The van der Waals surface area contributed by atoms with E-state index in [9.17, 15) is 4.79 Å². The molecule has 0 aromatic rings. The summed E-state index contributed by atoms with van der Waals surface area (Å²) in [5.74, 6) is 0. The predicted molar refractivity (Wildman–Crippen MR) is 62.0 cm³/mol. The minimum atomic E-state index is 0.0922. The van der Waals surface area contributed by atoms with Gasteiger partial charge in [-0.15, -0.1) is 0 Å². The van der Waals surface area contributed by atoms with Gasteiger partial charge in [0, 0.05) is 19.1 Å². The van der Waals surface area contributed by atoms with Crippen LogP contribution in [0.15, 0.2) is 0 Å². The number of carbonyl (C=O) groups excluding carboxylic acids is 1. The molecule has 4 heteroatoms. The molecular weight excluding hydrogens is 190 g/mol. The lowest BCUT2D eigenvalue weighted by molar-refractivity contribution is 0.185. The van der Waals surface area contributed by atoms with Crippen molar-refractivity contribution in [3.8, 4) is 0 Å². The normalized spacial score (nSPS) is 18.9. The van der Waals surface area contributed by atoms with Crippen molar-refractivity contribution in [2.75, 3.05) is 33.2 Å². The van der Waals surface area contributed by atoms with Crippen LogP contribution in [0.4, 0.5) is 4.79 Å². The third-order valence-corrected chi connectivity index (χ3v) is 3.10. The average Bonchev–Trinajstić information content (AvgIpc) is 2.23. The van der Waals surface area contributed by atoms with E-state index in [2.05, 4.69) is 17.3 Å². The smallest absolute Gasteiger partial charge is 0.317 e.